The first-order valence-electron chi connectivity index (χ1n) is 9.38. The molecule has 3 rings (SSSR count). The van der Waals surface area contributed by atoms with Gasteiger partial charge in [-0.1, -0.05) is 11.8 Å². The summed E-state index contributed by atoms with van der Waals surface area (Å²) in [4.78, 5) is 23.5. The number of benzene rings is 2. The molecular weight excluding hydrogens is 402 g/mol. The standard InChI is InChI=1S/C21H23N5O3S/c1-4-26-20(15-5-7-16(8-6-15)22-14(2)27)24-25-21(26)30-13-19(28)23-17-9-11-18(29-3)12-10-17/h5-12H,4,13H2,1-3H3,(H,22,27)(H,23,28). The summed E-state index contributed by atoms with van der Waals surface area (Å²) in [7, 11) is 1.60. The molecule has 0 radical (unpaired) electrons. The molecule has 2 amide bonds. The summed E-state index contributed by atoms with van der Waals surface area (Å²) in [6.45, 7) is 4.13. The Balaban J connectivity index is 1.64. The van der Waals surface area contributed by atoms with E-state index in [9.17, 15) is 9.59 Å². The van der Waals surface area contributed by atoms with Gasteiger partial charge in [0.15, 0.2) is 11.0 Å². The second kappa shape index (κ2) is 9.93. The Morgan fingerprint density at radius 2 is 1.63 bits per heavy atom. The third-order valence-corrected chi connectivity index (χ3v) is 5.17. The van der Waals surface area contributed by atoms with Crippen molar-refractivity contribution in [2.24, 2.45) is 0 Å². The van der Waals surface area contributed by atoms with Crippen molar-refractivity contribution in [1.29, 1.82) is 0 Å². The average Bonchev–Trinajstić information content (AvgIpc) is 3.16. The molecule has 0 aliphatic heterocycles. The van der Waals surface area contributed by atoms with Crippen LogP contribution in [0.5, 0.6) is 5.75 Å². The minimum absolute atomic E-state index is 0.119. The number of thioether (sulfide) groups is 1. The average molecular weight is 426 g/mol. The monoisotopic (exact) mass is 425 g/mol. The van der Waals surface area contributed by atoms with E-state index in [1.807, 2.05) is 35.8 Å². The van der Waals surface area contributed by atoms with E-state index in [0.717, 1.165) is 17.0 Å². The number of aromatic nitrogens is 3. The van der Waals surface area contributed by atoms with E-state index in [1.165, 1.54) is 18.7 Å². The highest BCUT2D eigenvalue weighted by Gasteiger charge is 2.15. The lowest BCUT2D eigenvalue weighted by molar-refractivity contribution is -0.114. The maximum atomic E-state index is 12.3. The molecular formula is C21H23N5O3S. The Morgan fingerprint density at radius 3 is 2.23 bits per heavy atom. The number of hydrogen-bond donors (Lipinski definition) is 2. The van der Waals surface area contributed by atoms with Gasteiger partial charge in [0.25, 0.3) is 0 Å². The van der Waals surface area contributed by atoms with Gasteiger partial charge in [-0.3, -0.25) is 9.59 Å². The number of hydrogen-bond acceptors (Lipinski definition) is 6. The summed E-state index contributed by atoms with van der Waals surface area (Å²) >= 11 is 1.33. The van der Waals surface area contributed by atoms with Crippen LogP contribution in [0.4, 0.5) is 11.4 Å². The first-order chi connectivity index (χ1) is 14.5. The van der Waals surface area contributed by atoms with Crippen molar-refractivity contribution in [2.75, 3.05) is 23.5 Å². The van der Waals surface area contributed by atoms with E-state index < -0.39 is 0 Å². The number of amides is 2. The van der Waals surface area contributed by atoms with E-state index in [1.54, 1.807) is 31.4 Å². The van der Waals surface area contributed by atoms with Crippen LogP contribution in [0.25, 0.3) is 11.4 Å². The van der Waals surface area contributed by atoms with Crippen LogP contribution in [0.15, 0.2) is 53.7 Å². The molecule has 0 saturated heterocycles. The van der Waals surface area contributed by atoms with Gasteiger partial charge in [-0.25, -0.2) is 0 Å². The second-order valence-electron chi connectivity index (χ2n) is 6.37. The quantitative estimate of drug-likeness (QED) is 0.535. The summed E-state index contributed by atoms with van der Waals surface area (Å²) in [6, 6.07) is 14.6. The Morgan fingerprint density at radius 1 is 1.00 bits per heavy atom. The van der Waals surface area contributed by atoms with Crippen LogP contribution >= 0.6 is 11.8 Å². The van der Waals surface area contributed by atoms with Crippen LogP contribution in [0.3, 0.4) is 0 Å². The third-order valence-electron chi connectivity index (χ3n) is 4.20. The van der Waals surface area contributed by atoms with Crippen molar-refractivity contribution >= 4 is 35.0 Å². The minimum atomic E-state index is -0.128. The number of methoxy groups -OCH3 is 1. The fourth-order valence-electron chi connectivity index (χ4n) is 2.80. The molecule has 3 aromatic rings. The lowest BCUT2D eigenvalue weighted by Gasteiger charge is -2.09. The molecule has 1 aromatic heterocycles. The van der Waals surface area contributed by atoms with Crippen LogP contribution in [-0.4, -0.2) is 39.4 Å². The van der Waals surface area contributed by atoms with E-state index in [-0.39, 0.29) is 17.6 Å². The smallest absolute Gasteiger partial charge is 0.234 e. The van der Waals surface area contributed by atoms with Crippen molar-refractivity contribution in [3.8, 4) is 17.1 Å². The van der Waals surface area contributed by atoms with Crippen LogP contribution in [0.2, 0.25) is 0 Å². The van der Waals surface area contributed by atoms with Crippen LogP contribution in [-0.2, 0) is 16.1 Å². The van der Waals surface area contributed by atoms with Crippen molar-refractivity contribution in [3.63, 3.8) is 0 Å². The molecule has 0 bridgehead atoms. The highest BCUT2D eigenvalue weighted by molar-refractivity contribution is 7.99. The third kappa shape index (κ3) is 5.38. The molecule has 1 heterocycles. The predicted octanol–water partition coefficient (Wildman–Crippen LogP) is 3.66. The predicted molar refractivity (Wildman–Crippen MR) is 118 cm³/mol. The molecule has 2 aromatic carbocycles. The first kappa shape index (κ1) is 21.4. The molecule has 30 heavy (non-hydrogen) atoms. The minimum Gasteiger partial charge on any atom is -0.497 e. The highest BCUT2D eigenvalue weighted by atomic mass is 32.2. The van der Waals surface area contributed by atoms with Crippen LogP contribution in [0.1, 0.15) is 13.8 Å². The summed E-state index contributed by atoms with van der Waals surface area (Å²) in [5.74, 6) is 1.41. The van der Waals surface area contributed by atoms with Gasteiger partial charge >= 0.3 is 0 Å². The van der Waals surface area contributed by atoms with E-state index in [2.05, 4.69) is 20.8 Å². The molecule has 0 atom stereocenters. The van der Waals surface area contributed by atoms with Crippen LogP contribution < -0.4 is 15.4 Å². The van der Waals surface area contributed by atoms with Crippen molar-refractivity contribution in [2.45, 2.75) is 25.5 Å². The van der Waals surface area contributed by atoms with Gasteiger partial charge in [0.1, 0.15) is 5.75 Å². The molecule has 0 aliphatic carbocycles. The summed E-state index contributed by atoms with van der Waals surface area (Å²) in [6.07, 6.45) is 0. The zero-order chi connectivity index (χ0) is 21.5. The zero-order valence-corrected chi connectivity index (χ0v) is 17.8. The largest absolute Gasteiger partial charge is 0.497 e. The Labute approximate surface area is 179 Å². The molecule has 0 spiro atoms. The number of carbonyl (C=O) groups excluding carboxylic acids is 2. The molecule has 8 nitrogen and oxygen atoms in total. The summed E-state index contributed by atoms with van der Waals surface area (Å²) in [5, 5.41) is 14.8. The molecule has 0 saturated carbocycles. The fraction of sp³-hybridized carbons (Fsp3) is 0.238. The van der Waals surface area contributed by atoms with Crippen molar-refractivity contribution in [3.05, 3.63) is 48.5 Å². The number of anilines is 2. The normalized spacial score (nSPS) is 10.5. The number of rotatable bonds is 8. The topological polar surface area (TPSA) is 98.1 Å². The maximum Gasteiger partial charge on any atom is 0.234 e. The van der Waals surface area contributed by atoms with Gasteiger partial charge in [0.05, 0.1) is 12.9 Å². The number of nitrogens with zero attached hydrogens (tertiary/aromatic N) is 3. The van der Waals surface area contributed by atoms with Crippen molar-refractivity contribution in [1.82, 2.24) is 14.8 Å². The lowest BCUT2D eigenvalue weighted by Crippen LogP contribution is -2.14. The number of carbonyl (C=O) groups is 2. The zero-order valence-electron chi connectivity index (χ0n) is 17.0. The van der Waals surface area contributed by atoms with Gasteiger partial charge in [-0.2, -0.15) is 0 Å². The van der Waals surface area contributed by atoms with Crippen molar-refractivity contribution < 1.29 is 14.3 Å². The lowest BCUT2D eigenvalue weighted by atomic mass is 10.2. The van der Waals surface area contributed by atoms with E-state index >= 15 is 0 Å². The molecule has 0 fully saturated rings. The fourth-order valence-corrected chi connectivity index (χ4v) is 3.60. The Kier molecular flexibility index (Phi) is 7.08. The van der Waals surface area contributed by atoms with E-state index in [0.29, 0.717) is 23.2 Å². The molecule has 0 unspecified atom stereocenters. The van der Waals surface area contributed by atoms with Gasteiger partial charge < -0.3 is 19.9 Å². The molecule has 9 heteroatoms. The Bertz CT molecular complexity index is 1020. The SMILES string of the molecule is CCn1c(SCC(=O)Nc2ccc(OC)cc2)nnc1-c1ccc(NC(C)=O)cc1. The first-order valence-corrected chi connectivity index (χ1v) is 10.4. The second-order valence-corrected chi connectivity index (χ2v) is 7.32. The number of ether oxygens (including phenoxy) is 1. The summed E-state index contributed by atoms with van der Waals surface area (Å²) in [5.41, 5.74) is 2.31. The molecule has 0 aliphatic rings. The van der Waals surface area contributed by atoms with Crippen LogP contribution in [0, 0.1) is 0 Å². The maximum absolute atomic E-state index is 12.3. The molecule has 156 valence electrons. The summed E-state index contributed by atoms with van der Waals surface area (Å²) < 4.78 is 7.07. The number of nitrogens with one attached hydrogen (secondary N) is 2. The van der Waals surface area contributed by atoms with E-state index in [4.69, 9.17) is 4.74 Å². The van der Waals surface area contributed by atoms with Gasteiger partial charge in [0.2, 0.25) is 11.8 Å². The molecule has 2 N–H and O–H groups in total. The van der Waals surface area contributed by atoms with Gasteiger partial charge in [-0.05, 0) is 55.5 Å². The highest BCUT2D eigenvalue weighted by Crippen LogP contribution is 2.25. The Hall–Kier alpha value is -3.33. The van der Waals surface area contributed by atoms with Gasteiger partial charge in [-0.15, -0.1) is 10.2 Å². The van der Waals surface area contributed by atoms with Gasteiger partial charge in [0, 0.05) is 30.4 Å².